The van der Waals surface area contributed by atoms with Gasteiger partial charge in [-0.15, -0.1) is 0 Å². The number of hydrogen-bond acceptors (Lipinski definition) is 4. The van der Waals surface area contributed by atoms with Crippen molar-refractivity contribution >= 4 is 0 Å². The molecule has 0 fully saturated rings. The summed E-state index contributed by atoms with van der Waals surface area (Å²) >= 11 is 0. The normalized spacial score (nSPS) is 14.8. The molecule has 1 atom stereocenters. The maximum absolute atomic E-state index is 12.2. The van der Waals surface area contributed by atoms with E-state index in [1.807, 2.05) is 27.7 Å². The minimum Gasteiger partial charge on any atom is -0.611 e. The lowest BCUT2D eigenvalue weighted by Crippen LogP contribution is -3.22. The predicted molar refractivity (Wildman–Crippen MR) is 65.1 cm³/mol. The Bertz CT molecular complexity index is 186. The van der Waals surface area contributed by atoms with E-state index in [-0.39, 0.29) is 10.7 Å². The molecule has 0 aromatic carbocycles. The first-order valence-electron chi connectivity index (χ1n) is 6.07. The average Bonchev–Trinajstić information content (AvgIpc) is 2.32. The SMILES string of the molecule is CCCON(C)N(C)[NH+]([O-])C(C)(CC)CC. The van der Waals surface area contributed by atoms with Crippen LogP contribution in [0.3, 0.4) is 0 Å². The first-order valence-corrected chi connectivity index (χ1v) is 6.07. The maximum Gasteiger partial charge on any atom is 0.113 e. The zero-order valence-corrected chi connectivity index (χ0v) is 11.5. The van der Waals surface area contributed by atoms with Crippen molar-refractivity contribution in [3.8, 4) is 0 Å². The zero-order valence-electron chi connectivity index (χ0n) is 11.5. The largest absolute Gasteiger partial charge is 0.611 e. The van der Waals surface area contributed by atoms with Gasteiger partial charge >= 0.3 is 0 Å². The zero-order chi connectivity index (χ0) is 12.8. The van der Waals surface area contributed by atoms with E-state index < -0.39 is 0 Å². The number of nitrogens with one attached hydrogen (secondary N) is 1. The Morgan fingerprint density at radius 2 is 1.69 bits per heavy atom. The summed E-state index contributed by atoms with van der Waals surface area (Å²) in [4.78, 5) is 5.40. The Hall–Kier alpha value is -0.200. The van der Waals surface area contributed by atoms with Crippen LogP contribution in [-0.4, -0.2) is 36.5 Å². The number of hydroxylamine groups is 2. The molecule has 0 heterocycles. The second-order valence-electron chi connectivity index (χ2n) is 4.39. The van der Waals surface area contributed by atoms with Crippen molar-refractivity contribution in [2.45, 2.75) is 52.5 Å². The van der Waals surface area contributed by atoms with Crippen LogP contribution in [0.2, 0.25) is 0 Å². The van der Waals surface area contributed by atoms with Gasteiger partial charge in [-0.2, -0.15) is 0 Å². The highest BCUT2D eigenvalue weighted by Gasteiger charge is 2.31. The third-order valence-electron chi connectivity index (χ3n) is 3.28. The van der Waals surface area contributed by atoms with Crippen LogP contribution in [0.25, 0.3) is 0 Å². The lowest BCUT2D eigenvalue weighted by molar-refractivity contribution is -1.04. The van der Waals surface area contributed by atoms with E-state index in [1.54, 1.807) is 19.2 Å². The van der Waals surface area contributed by atoms with Gasteiger partial charge in [0.1, 0.15) is 5.54 Å². The molecule has 0 radical (unpaired) electrons. The monoisotopic (exact) mass is 233 g/mol. The summed E-state index contributed by atoms with van der Waals surface area (Å²) in [6.45, 7) is 8.75. The van der Waals surface area contributed by atoms with Crippen molar-refractivity contribution in [3.63, 3.8) is 0 Å². The third-order valence-corrected chi connectivity index (χ3v) is 3.28. The molecular weight excluding hydrogens is 206 g/mol. The molecule has 0 bridgehead atoms. The maximum atomic E-state index is 12.2. The fourth-order valence-corrected chi connectivity index (χ4v) is 1.38. The standard InChI is InChI=1S/C11H27N3O2/c1-7-10-16-13(6)12(5)14(15)11(4,8-2)9-3/h14H,7-10H2,1-6H3. The number of quaternary nitrogens is 1. The van der Waals surface area contributed by atoms with Gasteiger partial charge in [-0.25, -0.2) is 0 Å². The Labute approximate surface area is 99.4 Å². The molecule has 5 nitrogen and oxygen atoms in total. The minimum absolute atomic E-state index is 0.108. The van der Waals surface area contributed by atoms with Crippen LogP contribution in [0.4, 0.5) is 0 Å². The molecule has 0 aliphatic heterocycles. The van der Waals surface area contributed by atoms with Crippen molar-refractivity contribution < 1.29 is 10.0 Å². The van der Waals surface area contributed by atoms with Gasteiger partial charge in [0.2, 0.25) is 0 Å². The summed E-state index contributed by atoms with van der Waals surface area (Å²) in [7, 11) is 3.51. The topological polar surface area (TPSA) is 43.2 Å². The fraction of sp³-hybridized carbons (Fsp3) is 1.00. The van der Waals surface area contributed by atoms with Gasteiger partial charge in [0, 0.05) is 19.9 Å². The van der Waals surface area contributed by atoms with E-state index >= 15 is 0 Å². The molecular formula is C11H27N3O2. The smallest absolute Gasteiger partial charge is 0.113 e. The van der Waals surface area contributed by atoms with E-state index in [0.717, 1.165) is 19.3 Å². The number of nitrogens with zero attached hydrogens (tertiary/aromatic N) is 2. The van der Waals surface area contributed by atoms with Crippen molar-refractivity contribution in [1.29, 1.82) is 0 Å². The van der Waals surface area contributed by atoms with E-state index in [1.165, 1.54) is 5.17 Å². The number of hydrogen-bond donors (Lipinski definition) is 1. The number of hydrazine groups is 1. The molecule has 5 heteroatoms. The molecule has 0 aromatic heterocycles. The molecule has 0 aromatic rings. The van der Waals surface area contributed by atoms with Crippen molar-refractivity contribution in [3.05, 3.63) is 5.21 Å². The van der Waals surface area contributed by atoms with E-state index in [2.05, 4.69) is 0 Å². The molecule has 0 spiro atoms. The predicted octanol–water partition coefficient (Wildman–Crippen LogP) is 0.983. The summed E-state index contributed by atoms with van der Waals surface area (Å²) in [6.07, 6.45) is 2.62. The van der Waals surface area contributed by atoms with Crippen LogP contribution in [0, 0.1) is 5.21 Å². The second kappa shape index (κ2) is 7.19. The van der Waals surface area contributed by atoms with Crippen LogP contribution in [0.5, 0.6) is 0 Å². The highest BCUT2D eigenvalue weighted by atomic mass is 16.7. The highest BCUT2D eigenvalue weighted by Crippen LogP contribution is 2.09. The Balaban J connectivity index is 4.40. The lowest BCUT2D eigenvalue weighted by atomic mass is 9.96. The van der Waals surface area contributed by atoms with Crippen LogP contribution in [-0.2, 0) is 4.84 Å². The van der Waals surface area contributed by atoms with Gasteiger partial charge < -0.3 is 5.21 Å². The molecule has 1 N–H and O–H groups in total. The van der Waals surface area contributed by atoms with Crippen LogP contribution in [0.15, 0.2) is 0 Å². The summed E-state index contributed by atoms with van der Waals surface area (Å²) in [5, 5.41) is 15.4. The van der Waals surface area contributed by atoms with Crippen LogP contribution >= 0.6 is 0 Å². The Morgan fingerprint density at radius 3 is 2.06 bits per heavy atom. The molecule has 0 saturated carbocycles. The Kier molecular flexibility index (Phi) is 7.10. The summed E-state index contributed by atoms with van der Waals surface area (Å²) in [5.41, 5.74) is -0.293. The molecule has 0 amide bonds. The molecule has 0 aliphatic carbocycles. The van der Waals surface area contributed by atoms with E-state index in [9.17, 15) is 5.21 Å². The minimum atomic E-state index is -0.293. The van der Waals surface area contributed by atoms with Crippen molar-refractivity contribution in [1.82, 2.24) is 10.3 Å². The van der Waals surface area contributed by atoms with Gasteiger partial charge in [-0.3, -0.25) is 10.0 Å². The van der Waals surface area contributed by atoms with Crippen molar-refractivity contribution in [2.75, 3.05) is 20.7 Å². The summed E-state index contributed by atoms with van der Waals surface area (Å²) in [6, 6.07) is 0. The fourth-order valence-electron chi connectivity index (χ4n) is 1.38. The summed E-state index contributed by atoms with van der Waals surface area (Å²) < 4.78 is 0. The van der Waals surface area contributed by atoms with Gasteiger partial charge in [-0.05, 0) is 13.3 Å². The van der Waals surface area contributed by atoms with Gasteiger partial charge in [-0.1, -0.05) is 31.1 Å². The first-order chi connectivity index (χ1) is 7.42. The van der Waals surface area contributed by atoms with Gasteiger partial charge in [0.15, 0.2) is 0 Å². The molecule has 0 saturated heterocycles. The van der Waals surface area contributed by atoms with Crippen LogP contribution in [0.1, 0.15) is 47.0 Å². The van der Waals surface area contributed by atoms with E-state index in [4.69, 9.17) is 4.84 Å². The van der Waals surface area contributed by atoms with Gasteiger partial charge in [0.25, 0.3) is 0 Å². The molecule has 0 rings (SSSR count). The first kappa shape index (κ1) is 15.8. The summed E-state index contributed by atoms with van der Waals surface area (Å²) in [5.74, 6) is 0. The van der Waals surface area contributed by atoms with E-state index in [0.29, 0.717) is 6.61 Å². The quantitative estimate of drug-likeness (QED) is 0.635. The highest BCUT2D eigenvalue weighted by molar-refractivity contribution is 4.67. The lowest BCUT2D eigenvalue weighted by Gasteiger charge is -2.45. The molecule has 98 valence electrons. The molecule has 1 unspecified atom stereocenters. The number of rotatable bonds is 8. The molecule has 0 aliphatic rings. The van der Waals surface area contributed by atoms with Crippen LogP contribution < -0.4 is 5.17 Å². The van der Waals surface area contributed by atoms with Crippen molar-refractivity contribution in [2.24, 2.45) is 0 Å². The van der Waals surface area contributed by atoms with Gasteiger partial charge in [0.05, 0.1) is 13.7 Å². The third kappa shape index (κ3) is 3.99. The second-order valence-corrected chi connectivity index (χ2v) is 4.39. The molecule has 16 heavy (non-hydrogen) atoms. The average molecular weight is 233 g/mol. The Morgan fingerprint density at radius 1 is 1.19 bits per heavy atom.